The molecule has 2 bridgehead atoms. The number of rotatable bonds is 4. The van der Waals surface area contributed by atoms with Crippen molar-refractivity contribution in [3.63, 3.8) is 0 Å². The lowest BCUT2D eigenvalue weighted by Crippen LogP contribution is -2.60. The minimum atomic E-state index is -0.408. The topological polar surface area (TPSA) is 46.6 Å². The molecule has 194 valence electrons. The van der Waals surface area contributed by atoms with Crippen molar-refractivity contribution in [2.24, 2.45) is 23.2 Å². The predicted octanol–water partition coefficient (Wildman–Crippen LogP) is 7.59. The third-order valence-electron chi connectivity index (χ3n) is 9.83. The number of hydrogen-bond acceptors (Lipinski definition) is 3. The molecule has 0 heterocycles. The van der Waals surface area contributed by atoms with E-state index in [0.29, 0.717) is 34.3 Å². The Morgan fingerprint density at radius 2 is 1.32 bits per heavy atom. The monoisotopic (exact) mass is 505 g/mol. The van der Waals surface area contributed by atoms with Crippen LogP contribution in [0.25, 0.3) is 32.7 Å². The first kappa shape index (κ1) is 24.7. The Hall–Kier alpha value is -3.66. The highest BCUT2D eigenvalue weighted by atomic mass is 16.5. The summed E-state index contributed by atoms with van der Waals surface area (Å²) >= 11 is 0. The number of benzene rings is 4. The molecule has 38 heavy (non-hydrogen) atoms. The molecule has 4 heteroatoms. The maximum absolute atomic E-state index is 14.3. The van der Waals surface area contributed by atoms with Gasteiger partial charge >= 0.3 is 5.97 Å². The van der Waals surface area contributed by atoms with E-state index < -0.39 is 5.97 Å². The van der Waals surface area contributed by atoms with Gasteiger partial charge < -0.3 is 9.64 Å². The van der Waals surface area contributed by atoms with Gasteiger partial charge in [-0.25, -0.2) is 4.79 Å². The van der Waals surface area contributed by atoms with Gasteiger partial charge in [0.15, 0.2) is 0 Å². The molecule has 0 saturated heterocycles. The number of carbonyl (C=O) groups excluding carboxylic acids is 2. The van der Waals surface area contributed by atoms with E-state index in [2.05, 4.69) is 32.9 Å². The van der Waals surface area contributed by atoms with Gasteiger partial charge in [-0.1, -0.05) is 69.3 Å². The molecule has 0 aliphatic heterocycles. The largest absolute Gasteiger partial charge is 0.465 e. The molecule has 3 saturated carbocycles. The highest BCUT2D eigenvalue weighted by Gasteiger charge is 2.57. The van der Waals surface area contributed by atoms with Gasteiger partial charge in [-0.2, -0.15) is 0 Å². The molecule has 0 aromatic heterocycles. The number of hydrogen-bond donors (Lipinski definition) is 0. The fourth-order valence-electron chi connectivity index (χ4n) is 7.36. The lowest BCUT2D eigenvalue weighted by molar-refractivity contribution is -0.129. The van der Waals surface area contributed by atoms with Crippen molar-refractivity contribution in [3.8, 4) is 11.1 Å². The van der Waals surface area contributed by atoms with Gasteiger partial charge in [-0.3, -0.25) is 4.79 Å². The van der Waals surface area contributed by atoms with Crippen molar-refractivity contribution >= 4 is 33.4 Å². The van der Waals surface area contributed by atoms with Crippen molar-refractivity contribution in [1.82, 2.24) is 4.90 Å². The van der Waals surface area contributed by atoms with Crippen molar-refractivity contribution in [3.05, 3.63) is 83.9 Å². The van der Waals surface area contributed by atoms with Crippen LogP contribution in [0.3, 0.4) is 0 Å². The first-order chi connectivity index (χ1) is 18.2. The summed E-state index contributed by atoms with van der Waals surface area (Å²) in [5.41, 5.74) is 2.93. The molecule has 0 N–H and O–H groups in total. The molecule has 0 unspecified atom stereocenters. The van der Waals surface area contributed by atoms with Crippen LogP contribution >= 0.6 is 0 Å². The molecule has 0 radical (unpaired) electrons. The Labute approximate surface area is 224 Å². The summed E-state index contributed by atoms with van der Waals surface area (Å²) in [5.74, 6) is 1.34. The summed E-state index contributed by atoms with van der Waals surface area (Å²) in [6.45, 7) is 7.09. The lowest BCUT2D eigenvalue weighted by atomic mass is 9.44. The van der Waals surface area contributed by atoms with Crippen LogP contribution in [0.1, 0.15) is 54.3 Å². The van der Waals surface area contributed by atoms with E-state index in [9.17, 15) is 9.59 Å². The molecule has 4 nitrogen and oxygen atoms in total. The van der Waals surface area contributed by atoms with E-state index >= 15 is 0 Å². The summed E-state index contributed by atoms with van der Waals surface area (Å²) in [4.78, 5) is 29.3. The van der Waals surface area contributed by atoms with E-state index in [4.69, 9.17) is 4.74 Å². The highest BCUT2D eigenvalue weighted by Crippen LogP contribution is 2.62. The Morgan fingerprint density at radius 1 is 0.816 bits per heavy atom. The Kier molecular flexibility index (Phi) is 5.82. The number of ether oxygens (including phenoxy) is 1. The Morgan fingerprint density at radius 3 is 1.82 bits per heavy atom. The normalized spacial score (nSPS) is 23.6. The summed E-state index contributed by atoms with van der Waals surface area (Å²) in [6.07, 6.45) is 2.31. The summed E-state index contributed by atoms with van der Waals surface area (Å²) in [5, 5.41) is 4.01. The molecule has 3 fully saturated rings. The van der Waals surface area contributed by atoms with E-state index in [1.807, 2.05) is 72.6 Å². The highest BCUT2D eigenvalue weighted by molar-refractivity contribution is 6.10. The van der Waals surface area contributed by atoms with Gasteiger partial charge in [0, 0.05) is 18.7 Å². The van der Waals surface area contributed by atoms with Crippen LogP contribution in [-0.2, 0) is 4.74 Å². The van der Waals surface area contributed by atoms with Crippen LogP contribution in [0.15, 0.2) is 72.8 Å². The minimum absolute atomic E-state index is 0.00526. The smallest absolute Gasteiger partial charge is 0.338 e. The van der Waals surface area contributed by atoms with Crippen molar-refractivity contribution in [2.45, 2.75) is 39.7 Å². The number of methoxy groups -OCH3 is 1. The second-order valence-electron chi connectivity index (χ2n) is 11.9. The molecular formula is C34H35NO3. The molecular weight excluding hydrogens is 470 g/mol. The molecule has 0 spiro atoms. The first-order valence-corrected chi connectivity index (χ1v) is 13.6. The quantitative estimate of drug-likeness (QED) is 0.269. The van der Waals surface area contributed by atoms with Gasteiger partial charge in [-0.05, 0) is 92.9 Å². The Bertz CT molecular complexity index is 1590. The second kappa shape index (κ2) is 8.97. The fraction of sp³-hybridized carbons (Fsp3) is 0.353. The van der Waals surface area contributed by atoms with Crippen molar-refractivity contribution < 1.29 is 14.3 Å². The number of nitrogens with zero attached hydrogens (tertiary/aromatic N) is 1. The SMILES string of the molecule is COC(=O)c1cc2ccccc2cc1-c1cc2ccccc2cc1C(=O)N(C)[C@@H]1C[C@@H]2C[C@H]([C@H]1C)C2(C)C. The zero-order valence-electron chi connectivity index (χ0n) is 22.8. The third-order valence-corrected chi connectivity index (χ3v) is 9.83. The van der Waals surface area contributed by atoms with Gasteiger partial charge in [-0.15, -0.1) is 0 Å². The second-order valence-corrected chi connectivity index (χ2v) is 11.9. The summed E-state index contributed by atoms with van der Waals surface area (Å²) in [7, 11) is 3.36. The van der Waals surface area contributed by atoms with Crippen LogP contribution < -0.4 is 0 Å². The van der Waals surface area contributed by atoms with Crippen LogP contribution in [0.2, 0.25) is 0 Å². The molecule has 1 amide bonds. The molecule has 4 aromatic rings. The summed E-state index contributed by atoms with van der Waals surface area (Å²) in [6, 6.07) is 24.2. The zero-order valence-corrected chi connectivity index (χ0v) is 22.8. The average Bonchev–Trinajstić information content (AvgIpc) is 2.94. The van der Waals surface area contributed by atoms with Crippen LogP contribution in [-0.4, -0.2) is 37.0 Å². The maximum Gasteiger partial charge on any atom is 0.338 e. The first-order valence-electron chi connectivity index (χ1n) is 13.6. The standard InChI is InChI=1S/C34H35NO3/c1-20-30-18-25(34(30,2)3)19-31(20)35(4)32(36)28-16-23-12-8-6-10-21(23)14-26(28)27-15-22-11-7-9-13-24(22)17-29(27)33(37)38-5/h6-17,20,25,30-31H,18-19H2,1-5H3/t20-,25+,30-,31-/m1/s1. The predicted molar refractivity (Wildman–Crippen MR) is 153 cm³/mol. The number of carbonyl (C=O) groups is 2. The van der Waals surface area contributed by atoms with Crippen LogP contribution in [0.4, 0.5) is 0 Å². The third kappa shape index (κ3) is 3.73. The molecule has 4 aromatic carbocycles. The van der Waals surface area contributed by atoms with E-state index in [-0.39, 0.29) is 11.9 Å². The van der Waals surface area contributed by atoms with E-state index in [1.54, 1.807) is 0 Å². The number of fused-ring (bicyclic) bond motifs is 4. The summed E-state index contributed by atoms with van der Waals surface area (Å²) < 4.78 is 5.19. The minimum Gasteiger partial charge on any atom is -0.465 e. The van der Waals surface area contributed by atoms with E-state index in [1.165, 1.54) is 13.5 Å². The molecule has 7 rings (SSSR count). The van der Waals surface area contributed by atoms with Crippen molar-refractivity contribution in [2.75, 3.05) is 14.2 Å². The zero-order chi connectivity index (χ0) is 26.8. The lowest BCUT2D eigenvalue weighted by Gasteiger charge is -2.63. The number of esters is 1. The van der Waals surface area contributed by atoms with Crippen LogP contribution in [0.5, 0.6) is 0 Å². The molecule has 4 atom stereocenters. The van der Waals surface area contributed by atoms with E-state index in [0.717, 1.165) is 39.1 Å². The number of amides is 1. The maximum atomic E-state index is 14.3. The van der Waals surface area contributed by atoms with Gasteiger partial charge in [0.05, 0.1) is 12.7 Å². The van der Waals surface area contributed by atoms with Crippen molar-refractivity contribution in [1.29, 1.82) is 0 Å². The van der Waals surface area contributed by atoms with Gasteiger partial charge in [0.25, 0.3) is 5.91 Å². The molecule has 3 aliphatic rings. The Balaban J connectivity index is 1.51. The van der Waals surface area contributed by atoms with Gasteiger partial charge in [0.2, 0.25) is 0 Å². The molecule has 3 aliphatic carbocycles. The average molecular weight is 506 g/mol. The van der Waals surface area contributed by atoms with Gasteiger partial charge in [0.1, 0.15) is 0 Å². The van der Waals surface area contributed by atoms with Crippen LogP contribution in [0, 0.1) is 23.2 Å². The fourth-order valence-corrected chi connectivity index (χ4v) is 7.36.